The van der Waals surface area contributed by atoms with Crippen LogP contribution in [0.5, 0.6) is 0 Å². The highest BCUT2D eigenvalue weighted by Crippen LogP contribution is 2.35. The molecule has 0 saturated carbocycles. The van der Waals surface area contributed by atoms with Crippen LogP contribution in [0.3, 0.4) is 0 Å². The molecule has 0 aliphatic rings. The maximum atomic E-state index is 2.40. The molecule has 7 rings (SSSR count). The molecule has 162 valence electrons. The molecule has 0 fully saturated rings. The zero-order valence-electron chi connectivity index (χ0n) is 19.1. The Labute approximate surface area is 198 Å². The van der Waals surface area contributed by atoms with Gasteiger partial charge in [-0.3, -0.25) is 0 Å². The Kier molecular flexibility index (Phi) is 4.16. The molecule has 5 aromatic carbocycles. The minimum absolute atomic E-state index is 1.04. The molecule has 0 atom stereocenters. The minimum Gasteiger partial charge on any atom is -0.309 e. The molecule has 0 aliphatic heterocycles. The summed E-state index contributed by atoms with van der Waals surface area (Å²) in [6, 6.07) is 41.9. The second-order valence-electron chi connectivity index (χ2n) is 8.95. The number of aryl methyl sites for hydroxylation is 1. The lowest BCUT2D eigenvalue weighted by Gasteiger charge is -2.13. The van der Waals surface area contributed by atoms with Gasteiger partial charge in [-0.05, 0) is 60.5 Å². The monoisotopic (exact) mass is 436 g/mol. The first kappa shape index (κ1) is 19.2. The molecule has 0 saturated heterocycles. The largest absolute Gasteiger partial charge is 0.309 e. The SMILES string of the molecule is CCc1ccc2c(c1)c1ccccc1n2-c1cccc(-n2c3ccccc3c3ccccc32)c1. The van der Waals surface area contributed by atoms with Gasteiger partial charge >= 0.3 is 0 Å². The van der Waals surface area contributed by atoms with Crippen molar-refractivity contribution in [1.82, 2.24) is 9.13 Å². The molecule has 0 bridgehead atoms. The Morgan fingerprint density at radius 1 is 0.441 bits per heavy atom. The summed E-state index contributed by atoms with van der Waals surface area (Å²) in [5.41, 5.74) is 8.67. The maximum Gasteiger partial charge on any atom is 0.0541 e. The van der Waals surface area contributed by atoms with E-state index in [1.165, 1.54) is 60.5 Å². The van der Waals surface area contributed by atoms with Gasteiger partial charge in [0, 0.05) is 32.9 Å². The quantitative estimate of drug-likeness (QED) is 0.263. The highest BCUT2D eigenvalue weighted by atomic mass is 15.0. The number of para-hydroxylation sites is 3. The Hall–Kier alpha value is -4.30. The van der Waals surface area contributed by atoms with Crippen molar-refractivity contribution in [3.8, 4) is 11.4 Å². The van der Waals surface area contributed by atoms with Gasteiger partial charge in [-0.2, -0.15) is 0 Å². The van der Waals surface area contributed by atoms with Gasteiger partial charge in [0.05, 0.1) is 22.1 Å². The maximum absolute atomic E-state index is 2.40. The molecule has 2 heteroatoms. The van der Waals surface area contributed by atoms with Gasteiger partial charge in [-0.15, -0.1) is 0 Å². The van der Waals surface area contributed by atoms with Crippen LogP contribution in [-0.2, 0) is 6.42 Å². The molecule has 0 unspecified atom stereocenters. The predicted molar refractivity (Wildman–Crippen MR) is 144 cm³/mol. The topological polar surface area (TPSA) is 9.86 Å². The van der Waals surface area contributed by atoms with Crippen molar-refractivity contribution in [3.05, 3.63) is 121 Å². The predicted octanol–water partition coefficient (Wildman–Crippen LogP) is 8.44. The van der Waals surface area contributed by atoms with Crippen molar-refractivity contribution < 1.29 is 0 Å². The Morgan fingerprint density at radius 2 is 0.912 bits per heavy atom. The number of benzene rings is 5. The Morgan fingerprint density at radius 3 is 1.44 bits per heavy atom. The van der Waals surface area contributed by atoms with Crippen LogP contribution in [0.4, 0.5) is 0 Å². The summed E-state index contributed by atoms with van der Waals surface area (Å²) in [5.74, 6) is 0. The average molecular weight is 437 g/mol. The van der Waals surface area contributed by atoms with E-state index in [1.807, 2.05) is 0 Å². The van der Waals surface area contributed by atoms with E-state index in [9.17, 15) is 0 Å². The van der Waals surface area contributed by atoms with Gasteiger partial charge in [0.25, 0.3) is 0 Å². The molecule has 0 radical (unpaired) electrons. The second-order valence-corrected chi connectivity index (χ2v) is 8.95. The van der Waals surface area contributed by atoms with E-state index in [4.69, 9.17) is 0 Å². The Bertz CT molecular complexity index is 1800. The average Bonchev–Trinajstić information content (AvgIpc) is 3.41. The van der Waals surface area contributed by atoms with E-state index in [1.54, 1.807) is 0 Å². The van der Waals surface area contributed by atoms with Crippen LogP contribution in [0.1, 0.15) is 12.5 Å². The zero-order chi connectivity index (χ0) is 22.6. The lowest BCUT2D eigenvalue weighted by molar-refractivity contribution is 1.13. The van der Waals surface area contributed by atoms with Crippen LogP contribution in [0.2, 0.25) is 0 Å². The Balaban J connectivity index is 1.53. The fourth-order valence-corrected chi connectivity index (χ4v) is 5.49. The first-order valence-electron chi connectivity index (χ1n) is 11.9. The summed E-state index contributed by atoms with van der Waals surface area (Å²) < 4.78 is 4.79. The van der Waals surface area contributed by atoms with Gasteiger partial charge in [0.15, 0.2) is 0 Å². The van der Waals surface area contributed by atoms with E-state index in [0.717, 1.165) is 6.42 Å². The number of fused-ring (bicyclic) bond motifs is 6. The molecule has 2 aromatic heterocycles. The highest BCUT2D eigenvalue weighted by Gasteiger charge is 2.15. The molecule has 2 heterocycles. The lowest BCUT2D eigenvalue weighted by atomic mass is 10.1. The van der Waals surface area contributed by atoms with Crippen LogP contribution in [0.15, 0.2) is 115 Å². The van der Waals surface area contributed by atoms with Crippen LogP contribution in [0, 0.1) is 0 Å². The zero-order valence-corrected chi connectivity index (χ0v) is 19.1. The van der Waals surface area contributed by atoms with Crippen LogP contribution in [-0.4, -0.2) is 9.13 Å². The highest BCUT2D eigenvalue weighted by molar-refractivity contribution is 6.10. The van der Waals surface area contributed by atoms with E-state index >= 15 is 0 Å². The summed E-state index contributed by atoms with van der Waals surface area (Å²) in [6.07, 6.45) is 1.04. The summed E-state index contributed by atoms with van der Waals surface area (Å²) in [5, 5.41) is 5.19. The first-order chi connectivity index (χ1) is 16.8. The van der Waals surface area contributed by atoms with Crippen LogP contribution >= 0.6 is 0 Å². The van der Waals surface area contributed by atoms with Gasteiger partial charge in [0.2, 0.25) is 0 Å². The van der Waals surface area contributed by atoms with Gasteiger partial charge in [0.1, 0.15) is 0 Å². The van der Waals surface area contributed by atoms with Gasteiger partial charge in [-0.1, -0.05) is 73.7 Å². The van der Waals surface area contributed by atoms with Gasteiger partial charge < -0.3 is 9.13 Å². The summed E-state index contributed by atoms with van der Waals surface area (Å²) in [7, 11) is 0. The molecular weight excluding hydrogens is 412 g/mol. The number of hydrogen-bond acceptors (Lipinski definition) is 0. The van der Waals surface area contributed by atoms with Gasteiger partial charge in [-0.25, -0.2) is 0 Å². The molecular formula is C32H24N2. The van der Waals surface area contributed by atoms with Crippen molar-refractivity contribution >= 4 is 43.6 Å². The summed E-state index contributed by atoms with van der Waals surface area (Å²) >= 11 is 0. The molecule has 7 aromatic rings. The van der Waals surface area contributed by atoms with Crippen LogP contribution < -0.4 is 0 Å². The van der Waals surface area contributed by atoms with E-state index in [-0.39, 0.29) is 0 Å². The van der Waals surface area contributed by atoms with Crippen molar-refractivity contribution in [3.63, 3.8) is 0 Å². The summed E-state index contributed by atoms with van der Waals surface area (Å²) in [4.78, 5) is 0. The summed E-state index contributed by atoms with van der Waals surface area (Å²) in [6.45, 7) is 2.22. The van der Waals surface area contributed by atoms with Crippen molar-refractivity contribution in [1.29, 1.82) is 0 Å². The standard InChI is InChI=1S/C32H24N2/c1-2-22-18-19-32-28(20-22)27-14-5-8-17-31(27)34(32)24-11-9-10-23(21-24)33-29-15-6-3-12-25(29)26-13-4-7-16-30(26)33/h3-21H,2H2,1H3. The molecule has 34 heavy (non-hydrogen) atoms. The van der Waals surface area contributed by atoms with E-state index < -0.39 is 0 Å². The van der Waals surface area contributed by atoms with Crippen LogP contribution in [0.25, 0.3) is 55.0 Å². The first-order valence-corrected chi connectivity index (χ1v) is 11.9. The number of rotatable bonds is 3. The van der Waals surface area contributed by atoms with Crippen molar-refractivity contribution in [2.24, 2.45) is 0 Å². The second kappa shape index (κ2) is 7.36. The molecule has 0 aliphatic carbocycles. The third-order valence-corrected chi connectivity index (χ3v) is 7.07. The third kappa shape index (κ3) is 2.69. The molecule has 2 nitrogen and oxygen atoms in total. The number of aromatic nitrogens is 2. The van der Waals surface area contributed by atoms with Crippen molar-refractivity contribution in [2.45, 2.75) is 13.3 Å². The van der Waals surface area contributed by atoms with E-state index in [2.05, 4.69) is 131 Å². The number of hydrogen-bond donors (Lipinski definition) is 0. The van der Waals surface area contributed by atoms with Crippen molar-refractivity contribution in [2.75, 3.05) is 0 Å². The minimum atomic E-state index is 1.04. The van der Waals surface area contributed by atoms with E-state index in [0.29, 0.717) is 0 Å². The third-order valence-electron chi connectivity index (χ3n) is 7.07. The lowest BCUT2D eigenvalue weighted by Crippen LogP contribution is -1.98. The molecule has 0 N–H and O–H groups in total. The molecule has 0 spiro atoms. The normalized spacial score (nSPS) is 11.8. The number of nitrogens with zero attached hydrogens (tertiary/aromatic N) is 2. The molecule has 0 amide bonds. The fraction of sp³-hybridized carbons (Fsp3) is 0.0625. The smallest absolute Gasteiger partial charge is 0.0541 e. The fourth-order valence-electron chi connectivity index (χ4n) is 5.49.